The summed E-state index contributed by atoms with van der Waals surface area (Å²) in [6.45, 7) is 0. The highest BCUT2D eigenvalue weighted by atomic mass is 35.5. The number of methoxy groups -OCH3 is 1. The lowest BCUT2D eigenvalue weighted by molar-refractivity contribution is -0.131. The summed E-state index contributed by atoms with van der Waals surface area (Å²) in [6.07, 6.45) is 7.98. The number of nitrogens with one attached hydrogen (secondary N) is 1. The Morgan fingerprint density at radius 3 is 2.51 bits per heavy atom. The van der Waals surface area contributed by atoms with Gasteiger partial charge < -0.3 is 9.84 Å². The summed E-state index contributed by atoms with van der Waals surface area (Å²) >= 11 is 6.83. The van der Waals surface area contributed by atoms with Gasteiger partial charge in [-0.05, 0) is 88.6 Å². The fourth-order valence-electron chi connectivity index (χ4n) is 4.60. The molecule has 0 unspecified atom stereocenters. The molecule has 5 nitrogen and oxygen atoms in total. The number of aromatic amines is 1. The van der Waals surface area contributed by atoms with E-state index >= 15 is 0 Å². The second-order valence-electron chi connectivity index (χ2n) is 8.73. The largest absolute Gasteiger partial charge is 0.497 e. The van der Waals surface area contributed by atoms with Crippen LogP contribution in [0.2, 0.25) is 5.02 Å². The van der Waals surface area contributed by atoms with Gasteiger partial charge in [-0.1, -0.05) is 48.4 Å². The highest BCUT2D eigenvalue weighted by Crippen LogP contribution is 2.47. The lowest BCUT2D eigenvalue weighted by Crippen LogP contribution is -2.15. The van der Waals surface area contributed by atoms with E-state index < -0.39 is 5.97 Å². The molecule has 1 aromatic heterocycles. The number of rotatable bonds is 7. The van der Waals surface area contributed by atoms with Crippen LogP contribution in [0.4, 0.5) is 0 Å². The lowest BCUT2D eigenvalue weighted by atomic mass is 9.73. The first-order chi connectivity index (χ1) is 17.0. The van der Waals surface area contributed by atoms with E-state index in [-0.39, 0.29) is 0 Å². The van der Waals surface area contributed by atoms with Gasteiger partial charge in [-0.3, -0.25) is 5.10 Å². The lowest BCUT2D eigenvalue weighted by Gasteiger charge is -2.32. The van der Waals surface area contributed by atoms with Crippen LogP contribution in [0.15, 0.2) is 72.9 Å². The molecule has 2 N–H and O–H groups in total. The van der Waals surface area contributed by atoms with Crippen molar-refractivity contribution >= 4 is 45.7 Å². The molecule has 0 spiro atoms. The number of benzene rings is 3. The molecule has 35 heavy (non-hydrogen) atoms. The number of hydrogen-bond acceptors (Lipinski definition) is 3. The van der Waals surface area contributed by atoms with E-state index in [2.05, 4.69) is 34.5 Å². The van der Waals surface area contributed by atoms with Crippen molar-refractivity contribution < 1.29 is 14.6 Å². The predicted molar refractivity (Wildman–Crippen MR) is 140 cm³/mol. The summed E-state index contributed by atoms with van der Waals surface area (Å²) in [4.78, 5) is 10.9. The van der Waals surface area contributed by atoms with Crippen molar-refractivity contribution in [2.75, 3.05) is 7.11 Å². The molecule has 5 rings (SSSR count). The minimum absolute atomic E-state index is 0.391. The van der Waals surface area contributed by atoms with E-state index in [1.165, 1.54) is 12.0 Å². The molecule has 3 aromatic carbocycles. The third-order valence-corrected chi connectivity index (χ3v) is 6.91. The Hall–Kier alpha value is -3.83. The average molecular weight is 485 g/mol. The van der Waals surface area contributed by atoms with Crippen LogP contribution >= 0.6 is 11.6 Å². The second kappa shape index (κ2) is 9.80. The third kappa shape index (κ3) is 4.73. The molecule has 176 valence electrons. The van der Waals surface area contributed by atoms with Crippen molar-refractivity contribution in [1.29, 1.82) is 0 Å². The highest BCUT2D eigenvalue weighted by Gasteiger charge is 2.28. The topological polar surface area (TPSA) is 75.2 Å². The maximum Gasteiger partial charge on any atom is 0.328 e. The molecule has 1 fully saturated rings. The molecule has 0 aliphatic heterocycles. The molecule has 1 aliphatic rings. The van der Waals surface area contributed by atoms with Gasteiger partial charge in [0.15, 0.2) is 0 Å². The Morgan fingerprint density at radius 1 is 1.09 bits per heavy atom. The number of carbonyl (C=O) groups is 1. The molecule has 0 amide bonds. The molecule has 0 atom stereocenters. The Balaban J connectivity index is 1.74. The number of carboxylic acid groups (broad SMARTS) is 1. The highest BCUT2D eigenvalue weighted by molar-refractivity contribution is 6.33. The Morgan fingerprint density at radius 2 is 1.86 bits per heavy atom. The molecule has 1 heterocycles. The minimum Gasteiger partial charge on any atom is -0.497 e. The number of nitrogens with zero attached hydrogens (tertiary/aromatic N) is 1. The van der Waals surface area contributed by atoms with Crippen LogP contribution in [-0.2, 0) is 4.79 Å². The van der Waals surface area contributed by atoms with Gasteiger partial charge in [-0.15, -0.1) is 0 Å². The molecule has 0 saturated heterocycles. The standard InChI is InChI=1S/C29H25ClN2O3/c1-35-23-11-12-24(25(30)16-23)29(19-3-2-4-19)28(21-10-13-26-22(15-21)17-31-32-26)20-8-5-18(6-9-20)7-14-27(33)34/h5-17,19H,2-4H2,1H3,(H,31,32)(H,33,34). The van der Waals surface area contributed by atoms with Crippen LogP contribution in [0, 0.1) is 5.92 Å². The van der Waals surface area contributed by atoms with Crippen LogP contribution in [0.5, 0.6) is 5.75 Å². The maximum atomic E-state index is 10.9. The third-order valence-electron chi connectivity index (χ3n) is 6.60. The van der Waals surface area contributed by atoms with Crippen LogP contribution in [0.3, 0.4) is 0 Å². The van der Waals surface area contributed by atoms with Gasteiger partial charge in [-0.2, -0.15) is 5.10 Å². The van der Waals surface area contributed by atoms with Crippen LogP contribution in [0.25, 0.3) is 28.1 Å². The molecule has 0 bridgehead atoms. The van der Waals surface area contributed by atoms with Gasteiger partial charge in [0, 0.05) is 11.5 Å². The van der Waals surface area contributed by atoms with Crippen molar-refractivity contribution in [3.05, 3.63) is 100 Å². The zero-order valence-corrected chi connectivity index (χ0v) is 20.0. The molecule has 1 saturated carbocycles. The van der Waals surface area contributed by atoms with E-state index in [1.54, 1.807) is 13.2 Å². The van der Waals surface area contributed by atoms with Crippen LogP contribution in [0.1, 0.15) is 41.5 Å². The van der Waals surface area contributed by atoms with Crippen molar-refractivity contribution in [1.82, 2.24) is 10.2 Å². The van der Waals surface area contributed by atoms with Crippen molar-refractivity contribution in [3.8, 4) is 5.75 Å². The van der Waals surface area contributed by atoms with Crippen LogP contribution < -0.4 is 4.74 Å². The molecule has 6 heteroatoms. The number of hydrogen-bond donors (Lipinski definition) is 2. The first-order valence-electron chi connectivity index (χ1n) is 11.6. The zero-order chi connectivity index (χ0) is 24.4. The summed E-state index contributed by atoms with van der Waals surface area (Å²) < 4.78 is 5.39. The molecule has 0 radical (unpaired) electrons. The number of fused-ring (bicyclic) bond motifs is 1. The smallest absolute Gasteiger partial charge is 0.328 e. The van der Waals surface area contributed by atoms with E-state index in [9.17, 15) is 4.79 Å². The molecule has 4 aromatic rings. The summed E-state index contributed by atoms with van der Waals surface area (Å²) in [5.74, 6) is 0.148. The predicted octanol–water partition coefficient (Wildman–Crippen LogP) is 7.08. The number of aliphatic carboxylic acids is 1. The van der Waals surface area contributed by atoms with Gasteiger partial charge in [0.1, 0.15) is 5.75 Å². The number of H-pyrrole nitrogens is 1. The summed E-state index contributed by atoms with van der Waals surface area (Å²) in [5.41, 5.74) is 7.30. The fraction of sp³-hybridized carbons (Fsp3) is 0.172. The second-order valence-corrected chi connectivity index (χ2v) is 9.14. The molecule has 1 aliphatic carbocycles. The van der Waals surface area contributed by atoms with Crippen molar-refractivity contribution in [3.63, 3.8) is 0 Å². The summed E-state index contributed by atoms with van der Waals surface area (Å²) in [7, 11) is 1.64. The van der Waals surface area contributed by atoms with Gasteiger partial charge in [0.2, 0.25) is 0 Å². The monoisotopic (exact) mass is 484 g/mol. The Labute approximate surface area is 208 Å². The number of allylic oxidation sites excluding steroid dienone is 1. The van der Waals surface area contributed by atoms with E-state index in [4.69, 9.17) is 21.4 Å². The first-order valence-corrected chi connectivity index (χ1v) is 11.9. The minimum atomic E-state index is -0.968. The Bertz CT molecular complexity index is 1450. The van der Waals surface area contributed by atoms with Gasteiger partial charge in [0.25, 0.3) is 0 Å². The van der Waals surface area contributed by atoms with Gasteiger partial charge in [-0.25, -0.2) is 4.79 Å². The van der Waals surface area contributed by atoms with Crippen molar-refractivity contribution in [2.45, 2.75) is 19.3 Å². The van der Waals surface area contributed by atoms with E-state index in [0.29, 0.717) is 10.9 Å². The van der Waals surface area contributed by atoms with Crippen LogP contribution in [-0.4, -0.2) is 28.4 Å². The summed E-state index contributed by atoms with van der Waals surface area (Å²) in [6, 6.07) is 20.2. The Kier molecular flexibility index (Phi) is 6.43. The first kappa shape index (κ1) is 22.9. The number of ether oxygens (including phenoxy) is 1. The average Bonchev–Trinajstić information content (AvgIpc) is 3.30. The summed E-state index contributed by atoms with van der Waals surface area (Å²) in [5, 5.41) is 17.9. The van der Waals surface area contributed by atoms with E-state index in [1.807, 2.05) is 42.6 Å². The SMILES string of the molecule is COc1ccc(C(=C(c2ccc(C=CC(=O)O)cc2)c2ccc3[nH]ncc3c2)C2CCC2)c(Cl)c1. The van der Waals surface area contributed by atoms with Crippen molar-refractivity contribution in [2.24, 2.45) is 5.92 Å². The van der Waals surface area contributed by atoms with E-state index in [0.717, 1.165) is 63.4 Å². The van der Waals surface area contributed by atoms with Gasteiger partial charge in [0.05, 0.1) is 23.8 Å². The molecular formula is C29H25ClN2O3. The zero-order valence-electron chi connectivity index (χ0n) is 19.3. The number of carboxylic acids is 1. The maximum absolute atomic E-state index is 10.9. The fourth-order valence-corrected chi connectivity index (χ4v) is 4.87. The van der Waals surface area contributed by atoms with Gasteiger partial charge >= 0.3 is 5.97 Å². The quantitative estimate of drug-likeness (QED) is 0.217. The molecular weight excluding hydrogens is 460 g/mol. The number of halogens is 1. The number of aromatic nitrogens is 2. The normalized spacial score (nSPS) is 14.7.